The monoisotopic (exact) mass is 289 g/mol. The van der Waals surface area contributed by atoms with Gasteiger partial charge in [0.2, 0.25) is 0 Å². The molecular weight excluding hydrogens is 270 g/mol. The van der Waals surface area contributed by atoms with Gasteiger partial charge in [0, 0.05) is 11.4 Å². The van der Waals surface area contributed by atoms with Crippen LogP contribution >= 0.6 is 0 Å². The average Bonchev–Trinajstić information content (AvgIpc) is 2.86. The van der Waals surface area contributed by atoms with Gasteiger partial charge in [-0.05, 0) is 38.0 Å². The fourth-order valence-corrected chi connectivity index (χ4v) is 2.25. The number of carbonyl (C=O) groups excluding carboxylic acids is 1. The number of nitrogens with zero attached hydrogens (tertiary/aromatic N) is 1. The predicted molar refractivity (Wildman–Crippen MR) is 79.4 cm³/mol. The lowest BCUT2D eigenvalue weighted by Crippen LogP contribution is -2.40. The summed E-state index contributed by atoms with van der Waals surface area (Å²) in [6.45, 7) is 5.30. The van der Waals surface area contributed by atoms with Crippen molar-refractivity contribution in [3.8, 4) is 0 Å². The molecule has 21 heavy (non-hydrogen) atoms. The van der Waals surface area contributed by atoms with Crippen LogP contribution in [-0.2, 0) is 11.2 Å². The number of aliphatic carboxylic acids is 1. The largest absolute Gasteiger partial charge is 0.480 e. The molecule has 112 valence electrons. The highest BCUT2D eigenvalue weighted by atomic mass is 16.4. The van der Waals surface area contributed by atoms with E-state index in [4.69, 9.17) is 9.52 Å². The molecule has 0 aliphatic carbocycles. The molecule has 2 aromatic rings. The van der Waals surface area contributed by atoms with Crippen molar-refractivity contribution < 1.29 is 19.1 Å². The first-order chi connectivity index (χ1) is 9.93. The van der Waals surface area contributed by atoms with E-state index in [1.165, 1.54) is 11.2 Å². The Hall–Kier alpha value is -2.30. The normalized spacial score (nSPS) is 11.0. The highest BCUT2D eigenvalue weighted by Gasteiger charge is 2.24. The molecule has 0 fully saturated rings. The Morgan fingerprint density at radius 3 is 2.62 bits per heavy atom. The number of hydrogen-bond acceptors (Lipinski definition) is 3. The summed E-state index contributed by atoms with van der Waals surface area (Å²) in [6, 6.07) is 5.51. The SMILES string of the molecule is CCc1ccc2occ(C(=O)N(CC(=O)O)C(C)C)c2c1. The summed E-state index contributed by atoms with van der Waals surface area (Å²) in [5, 5.41) is 9.69. The molecule has 0 aliphatic rings. The van der Waals surface area contributed by atoms with Gasteiger partial charge in [-0.15, -0.1) is 0 Å². The van der Waals surface area contributed by atoms with Crippen LogP contribution in [0.1, 0.15) is 36.7 Å². The number of carboxylic acids is 1. The predicted octanol–water partition coefficient (Wildman–Crippen LogP) is 2.93. The molecule has 2 rings (SSSR count). The van der Waals surface area contributed by atoms with Gasteiger partial charge in [0.05, 0.1) is 5.56 Å². The lowest BCUT2D eigenvalue weighted by Gasteiger charge is -2.24. The molecular formula is C16H19NO4. The lowest BCUT2D eigenvalue weighted by molar-refractivity contribution is -0.138. The Labute approximate surface area is 123 Å². The van der Waals surface area contributed by atoms with Gasteiger partial charge in [0.1, 0.15) is 18.4 Å². The van der Waals surface area contributed by atoms with Crippen LogP contribution in [0, 0.1) is 0 Å². The number of carboxylic acid groups (broad SMARTS) is 1. The van der Waals surface area contributed by atoms with Crippen molar-refractivity contribution in [2.45, 2.75) is 33.2 Å². The Balaban J connectivity index is 2.44. The first-order valence-corrected chi connectivity index (χ1v) is 6.97. The number of rotatable bonds is 5. The minimum Gasteiger partial charge on any atom is -0.480 e. The molecule has 1 N–H and O–H groups in total. The van der Waals surface area contributed by atoms with E-state index in [0.29, 0.717) is 11.1 Å². The van der Waals surface area contributed by atoms with Crippen molar-refractivity contribution in [3.63, 3.8) is 0 Å². The first kappa shape index (κ1) is 15.1. The van der Waals surface area contributed by atoms with E-state index in [1.54, 1.807) is 13.8 Å². The molecule has 0 aliphatic heterocycles. The Morgan fingerprint density at radius 2 is 2.05 bits per heavy atom. The Kier molecular flexibility index (Phi) is 4.31. The third-order valence-corrected chi connectivity index (χ3v) is 3.47. The molecule has 0 atom stereocenters. The van der Waals surface area contributed by atoms with Crippen LogP contribution in [0.3, 0.4) is 0 Å². The molecule has 0 spiro atoms. The summed E-state index contributed by atoms with van der Waals surface area (Å²) in [5.41, 5.74) is 2.15. The van der Waals surface area contributed by atoms with E-state index in [0.717, 1.165) is 17.4 Å². The number of benzene rings is 1. The molecule has 1 amide bonds. The second kappa shape index (κ2) is 5.99. The summed E-state index contributed by atoms with van der Waals surface area (Å²) >= 11 is 0. The fourth-order valence-electron chi connectivity index (χ4n) is 2.25. The minimum atomic E-state index is -1.03. The summed E-state index contributed by atoms with van der Waals surface area (Å²) in [6.07, 6.45) is 2.27. The van der Waals surface area contributed by atoms with Gasteiger partial charge in [-0.25, -0.2) is 0 Å². The van der Waals surface area contributed by atoms with Gasteiger partial charge in [0.15, 0.2) is 0 Å². The van der Waals surface area contributed by atoms with Crippen LogP contribution < -0.4 is 0 Å². The highest BCUT2D eigenvalue weighted by molar-refractivity contribution is 6.06. The van der Waals surface area contributed by atoms with Crippen LogP contribution in [0.4, 0.5) is 0 Å². The highest BCUT2D eigenvalue weighted by Crippen LogP contribution is 2.24. The van der Waals surface area contributed by atoms with Crippen LogP contribution in [0.25, 0.3) is 11.0 Å². The molecule has 1 aromatic heterocycles. The lowest BCUT2D eigenvalue weighted by atomic mass is 10.1. The van der Waals surface area contributed by atoms with Crippen LogP contribution in [0.15, 0.2) is 28.9 Å². The number of fused-ring (bicyclic) bond motifs is 1. The van der Waals surface area contributed by atoms with E-state index in [9.17, 15) is 9.59 Å². The molecule has 1 heterocycles. The smallest absolute Gasteiger partial charge is 0.323 e. The summed E-state index contributed by atoms with van der Waals surface area (Å²) in [5.74, 6) is -1.35. The molecule has 0 bridgehead atoms. The van der Waals surface area contributed by atoms with Crippen molar-refractivity contribution in [1.29, 1.82) is 0 Å². The molecule has 0 saturated carbocycles. The zero-order valence-electron chi connectivity index (χ0n) is 12.4. The van der Waals surface area contributed by atoms with Crippen molar-refractivity contribution in [3.05, 3.63) is 35.6 Å². The van der Waals surface area contributed by atoms with Crippen LogP contribution in [-0.4, -0.2) is 34.5 Å². The van der Waals surface area contributed by atoms with E-state index in [1.807, 2.05) is 25.1 Å². The van der Waals surface area contributed by atoms with Gasteiger partial charge in [0.25, 0.3) is 5.91 Å². The maximum absolute atomic E-state index is 12.6. The van der Waals surface area contributed by atoms with E-state index in [2.05, 4.69) is 0 Å². The third kappa shape index (κ3) is 3.07. The van der Waals surface area contributed by atoms with E-state index in [-0.39, 0.29) is 18.5 Å². The van der Waals surface area contributed by atoms with E-state index < -0.39 is 5.97 Å². The number of amides is 1. The number of furan rings is 1. The maximum atomic E-state index is 12.6. The van der Waals surface area contributed by atoms with Gasteiger partial charge in [-0.3, -0.25) is 9.59 Å². The van der Waals surface area contributed by atoms with Gasteiger partial charge in [-0.1, -0.05) is 13.0 Å². The third-order valence-electron chi connectivity index (χ3n) is 3.47. The van der Waals surface area contributed by atoms with Gasteiger partial charge in [-0.2, -0.15) is 0 Å². The minimum absolute atomic E-state index is 0.201. The van der Waals surface area contributed by atoms with Gasteiger partial charge < -0.3 is 14.4 Å². The van der Waals surface area contributed by atoms with Gasteiger partial charge >= 0.3 is 5.97 Å². The van der Waals surface area contributed by atoms with E-state index >= 15 is 0 Å². The zero-order valence-corrected chi connectivity index (χ0v) is 12.4. The second-order valence-corrected chi connectivity index (χ2v) is 5.25. The molecule has 0 unspecified atom stereocenters. The van der Waals surface area contributed by atoms with Crippen LogP contribution in [0.5, 0.6) is 0 Å². The standard InChI is InChI=1S/C16H19NO4/c1-4-11-5-6-14-12(7-11)13(9-21-14)16(20)17(10(2)3)8-15(18)19/h5-7,9-10H,4,8H2,1-3H3,(H,18,19). The molecule has 5 nitrogen and oxygen atoms in total. The Morgan fingerprint density at radius 1 is 1.33 bits per heavy atom. The maximum Gasteiger partial charge on any atom is 0.323 e. The number of carbonyl (C=O) groups is 2. The first-order valence-electron chi connectivity index (χ1n) is 6.97. The average molecular weight is 289 g/mol. The topological polar surface area (TPSA) is 70.8 Å². The quantitative estimate of drug-likeness (QED) is 0.918. The van der Waals surface area contributed by atoms with Crippen LogP contribution in [0.2, 0.25) is 0 Å². The van der Waals surface area contributed by atoms with Crippen molar-refractivity contribution in [2.24, 2.45) is 0 Å². The Bertz CT molecular complexity index is 672. The van der Waals surface area contributed by atoms with Crippen molar-refractivity contribution >= 4 is 22.8 Å². The van der Waals surface area contributed by atoms with Crippen molar-refractivity contribution in [2.75, 3.05) is 6.54 Å². The fraction of sp³-hybridized carbons (Fsp3) is 0.375. The molecule has 0 saturated heterocycles. The zero-order chi connectivity index (χ0) is 15.6. The molecule has 1 aromatic carbocycles. The number of hydrogen-bond donors (Lipinski definition) is 1. The molecule has 0 radical (unpaired) electrons. The summed E-state index contributed by atoms with van der Waals surface area (Å²) in [4.78, 5) is 24.9. The van der Waals surface area contributed by atoms with Crippen molar-refractivity contribution in [1.82, 2.24) is 4.90 Å². The second-order valence-electron chi connectivity index (χ2n) is 5.25. The summed E-state index contributed by atoms with van der Waals surface area (Å²) in [7, 11) is 0. The summed E-state index contributed by atoms with van der Waals surface area (Å²) < 4.78 is 5.41. The molecule has 5 heteroatoms. The number of aryl methyl sites for hydroxylation is 1.